The molecule has 0 aliphatic carbocycles. The van der Waals surface area contributed by atoms with Crippen molar-refractivity contribution in [2.45, 2.75) is 6.42 Å². The van der Waals surface area contributed by atoms with Crippen molar-refractivity contribution >= 4 is 5.95 Å². The quantitative estimate of drug-likeness (QED) is 0.771. The predicted octanol–water partition coefficient (Wildman–Crippen LogP) is 0.733. The van der Waals surface area contributed by atoms with Gasteiger partial charge in [-0.15, -0.1) is 0 Å². The molecule has 0 bridgehead atoms. The third-order valence-corrected chi connectivity index (χ3v) is 2.28. The first kappa shape index (κ1) is 9.33. The molecule has 1 saturated heterocycles. The largest absolute Gasteiger partial charge is 0.353 e. The van der Waals surface area contributed by atoms with E-state index in [2.05, 4.69) is 20.2 Å². The van der Waals surface area contributed by atoms with E-state index < -0.39 is 5.82 Å². The van der Waals surface area contributed by atoms with Crippen LogP contribution in [0.25, 0.3) is 0 Å². The number of anilines is 1. The summed E-state index contributed by atoms with van der Waals surface area (Å²) in [5, 5.41) is 3.04. The third-order valence-electron chi connectivity index (χ3n) is 2.28. The molecule has 1 aromatic rings. The molecule has 0 saturated carbocycles. The van der Waals surface area contributed by atoms with E-state index in [1.165, 1.54) is 31.9 Å². The Balaban J connectivity index is 1.71. The van der Waals surface area contributed by atoms with Crippen molar-refractivity contribution < 1.29 is 4.39 Å². The van der Waals surface area contributed by atoms with E-state index >= 15 is 0 Å². The first-order valence-corrected chi connectivity index (χ1v) is 4.78. The molecule has 14 heavy (non-hydrogen) atoms. The Morgan fingerprint density at radius 1 is 1.36 bits per heavy atom. The lowest BCUT2D eigenvalue weighted by molar-refractivity contribution is 0.189. The van der Waals surface area contributed by atoms with Crippen molar-refractivity contribution in [3.8, 4) is 0 Å². The zero-order valence-corrected chi connectivity index (χ0v) is 7.91. The minimum Gasteiger partial charge on any atom is -0.353 e. The normalized spacial score (nSPS) is 16.4. The summed E-state index contributed by atoms with van der Waals surface area (Å²) in [5.41, 5.74) is 0. The molecule has 1 aliphatic rings. The van der Waals surface area contributed by atoms with E-state index in [9.17, 15) is 4.39 Å². The highest BCUT2D eigenvalue weighted by Crippen LogP contribution is 2.04. The molecule has 0 aromatic carbocycles. The average Bonchev–Trinajstić information content (AvgIpc) is 2.12. The molecule has 76 valence electrons. The number of rotatable bonds is 4. The smallest absolute Gasteiger partial charge is 0.222 e. The molecule has 1 N–H and O–H groups in total. The summed E-state index contributed by atoms with van der Waals surface area (Å²) in [7, 11) is 0. The molecule has 1 aromatic heterocycles. The average molecular weight is 196 g/mol. The Kier molecular flexibility index (Phi) is 2.88. The van der Waals surface area contributed by atoms with E-state index in [4.69, 9.17) is 0 Å². The Hall–Kier alpha value is -1.23. The van der Waals surface area contributed by atoms with Crippen LogP contribution in [0.2, 0.25) is 0 Å². The molecular weight excluding hydrogens is 183 g/mol. The summed E-state index contributed by atoms with van der Waals surface area (Å²) in [4.78, 5) is 9.95. The summed E-state index contributed by atoms with van der Waals surface area (Å²) < 4.78 is 12.4. The van der Waals surface area contributed by atoms with Gasteiger partial charge >= 0.3 is 0 Å². The van der Waals surface area contributed by atoms with Gasteiger partial charge < -0.3 is 10.2 Å². The second kappa shape index (κ2) is 4.32. The molecule has 0 spiro atoms. The topological polar surface area (TPSA) is 41.1 Å². The van der Waals surface area contributed by atoms with Crippen LogP contribution in [0, 0.1) is 5.82 Å². The van der Waals surface area contributed by atoms with Crippen LogP contribution >= 0.6 is 0 Å². The van der Waals surface area contributed by atoms with Gasteiger partial charge in [0.2, 0.25) is 5.95 Å². The van der Waals surface area contributed by atoms with Gasteiger partial charge in [0.15, 0.2) is 5.82 Å². The van der Waals surface area contributed by atoms with Gasteiger partial charge in [0.1, 0.15) is 0 Å². The zero-order valence-electron chi connectivity index (χ0n) is 7.91. The van der Waals surface area contributed by atoms with Gasteiger partial charge in [-0.25, -0.2) is 14.4 Å². The maximum absolute atomic E-state index is 12.4. The Labute approximate surface area is 82.2 Å². The molecule has 4 nitrogen and oxygen atoms in total. The zero-order chi connectivity index (χ0) is 9.80. The standard InChI is InChI=1S/C9H13FN4/c10-8-6-12-9(13-7-8)11-2-5-14-3-1-4-14/h6-7H,1-5H2,(H,11,12,13). The number of aromatic nitrogens is 2. The van der Waals surface area contributed by atoms with Crippen molar-refractivity contribution in [1.82, 2.24) is 14.9 Å². The van der Waals surface area contributed by atoms with Crippen LogP contribution in [0.1, 0.15) is 6.42 Å². The molecular formula is C9H13FN4. The Morgan fingerprint density at radius 3 is 2.64 bits per heavy atom. The van der Waals surface area contributed by atoms with Crippen LogP contribution in [-0.2, 0) is 0 Å². The fraction of sp³-hybridized carbons (Fsp3) is 0.556. The SMILES string of the molecule is Fc1cnc(NCCN2CCC2)nc1. The van der Waals surface area contributed by atoms with Crippen molar-refractivity contribution in [3.05, 3.63) is 18.2 Å². The molecule has 0 unspecified atom stereocenters. The van der Waals surface area contributed by atoms with Gasteiger partial charge in [0, 0.05) is 13.1 Å². The summed E-state index contributed by atoms with van der Waals surface area (Å²) >= 11 is 0. The second-order valence-corrected chi connectivity index (χ2v) is 3.35. The lowest BCUT2D eigenvalue weighted by atomic mass is 10.2. The number of nitrogens with zero attached hydrogens (tertiary/aromatic N) is 3. The number of likely N-dealkylation sites (tertiary alicyclic amines) is 1. The highest BCUT2D eigenvalue weighted by Gasteiger charge is 2.12. The van der Waals surface area contributed by atoms with Crippen molar-refractivity contribution in [3.63, 3.8) is 0 Å². The predicted molar refractivity (Wildman–Crippen MR) is 51.5 cm³/mol. The van der Waals surface area contributed by atoms with Gasteiger partial charge in [-0.05, 0) is 19.5 Å². The summed E-state index contributed by atoms with van der Waals surface area (Å²) in [6.07, 6.45) is 3.63. The van der Waals surface area contributed by atoms with Crippen LogP contribution in [0.4, 0.5) is 10.3 Å². The molecule has 0 radical (unpaired) electrons. The van der Waals surface area contributed by atoms with Gasteiger partial charge in [-0.3, -0.25) is 0 Å². The summed E-state index contributed by atoms with van der Waals surface area (Å²) in [5.74, 6) is 0.0882. The van der Waals surface area contributed by atoms with Crippen molar-refractivity contribution in [2.24, 2.45) is 0 Å². The monoisotopic (exact) mass is 196 g/mol. The highest BCUT2D eigenvalue weighted by molar-refractivity contribution is 5.22. The molecule has 2 heterocycles. The van der Waals surface area contributed by atoms with E-state index in [1.54, 1.807) is 0 Å². The lowest BCUT2D eigenvalue weighted by Gasteiger charge is -2.30. The molecule has 2 rings (SSSR count). The van der Waals surface area contributed by atoms with Gasteiger partial charge in [-0.1, -0.05) is 0 Å². The molecule has 1 fully saturated rings. The minimum atomic E-state index is -0.404. The Morgan fingerprint density at radius 2 is 2.07 bits per heavy atom. The number of hydrogen-bond donors (Lipinski definition) is 1. The Bertz CT molecular complexity index is 283. The van der Waals surface area contributed by atoms with Crippen LogP contribution in [-0.4, -0.2) is 41.0 Å². The fourth-order valence-corrected chi connectivity index (χ4v) is 1.33. The van der Waals surface area contributed by atoms with Gasteiger partial charge in [-0.2, -0.15) is 0 Å². The summed E-state index contributed by atoms with van der Waals surface area (Å²) in [6, 6.07) is 0. The second-order valence-electron chi connectivity index (χ2n) is 3.35. The van der Waals surface area contributed by atoms with E-state index in [-0.39, 0.29) is 0 Å². The van der Waals surface area contributed by atoms with Crippen LogP contribution in [0.15, 0.2) is 12.4 Å². The molecule has 0 amide bonds. The van der Waals surface area contributed by atoms with E-state index in [0.717, 1.165) is 13.1 Å². The maximum Gasteiger partial charge on any atom is 0.222 e. The lowest BCUT2D eigenvalue weighted by Crippen LogP contribution is -2.40. The number of halogens is 1. The first-order chi connectivity index (χ1) is 6.84. The fourth-order valence-electron chi connectivity index (χ4n) is 1.33. The van der Waals surface area contributed by atoms with E-state index in [0.29, 0.717) is 5.95 Å². The van der Waals surface area contributed by atoms with Crippen molar-refractivity contribution in [1.29, 1.82) is 0 Å². The van der Waals surface area contributed by atoms with E-state index in [1.807, 2.05) is 0 Å². The molecule has 1 aliphatic heterocycles. The van der Waals surface area contributed by atoms with Gasteiger partial charge in [0.25, 0.3) is 0 Å². The first-order valence-electron chi connectivity index (χ1n) is 4.78. The molecule has 0 atom stereocenters. The maximum atomic E-state index is 12.4. The third kappa shape index (κ3) is 2.38. The highest BCUT2D eigenvalue weighted by atomic mass is 19.1. The van der Waals surface area contributed by atoms with Crippen LogP contribution in [0.3, 0.4) is 0 Å². The number of nitrogens with one attached hydrogen (secondary N) is 1. The van der Waals surface area contributed by atoms with Crippen LogP contribution in [0.5, 0.6) is 0 Å². The number of hydrogen-bond acceptors (Lipinski definition) is 4. The minimum absolute atomic E-state index is 0.404. The van der Waals surface area contributed by atoms with Crippen LogP contribution < -0.4 is 5.32 Å². The van der Waals surface area contributed by atoms with Crippen molar-refractivity contribution in [2.75, 3.05) is 31.5 Å². The molecule has 5 heteroatoms. The van der Waals surface area contributed by atoms with Gasteiger partial charge in [0.05, 0.1) is 12.4 Å². The summed E-state index contributed by atoms with van der Waals surface area (Å²) in [6.45, 7) is 4.18.